The van der Waals surface area contributed by atoms with Gasteiger partial charge in [0, 0.05) is 11.3 Å². The van der Waals surface area contributed by atoms with Gasteiger partial charge in [0.05, 0.1) is 19.8 Å². The molecular weight excluding hydrogens is 332 g/mol. The predicted molar refractivity (Wildman–Crippen MR) is 99.1 cm³/mol. The van der Waals surface area contributed by atoms with Gasteiger partial charge in [0.1, 0.15) is 0 Å². The van der Waals surface area contributed by atoms with Crippen LogP contribution in [0.5, 0.6) is 11.5 Å². The van der Waals surface area contributed by atoms with Gasteiger partial charge in [-0.2, -0.15) is 0 Å². The topological polar surface area (TPSA) is 76.7 Å². The summed E-state index contributed by atoms with van der Waals surface area (Å²) in [6.45, 7) is 1.50. The van der Waals surface area contributed by atoms with E-state index in [1.54, 1.807) is 38.5 Å². The van der Waals surface area contributed by atoms with Gasteiger partial charge in [-0.05, 0) is 49.6 Å². The van der Waals surface area contributed by atoms with Gasteiger partial charge in [0.25, 0.3) is 0 Å². The first kappa shape index (κ1) is 17.8. The molecule has 2 aromatic carbocycles. The van der Waals surface area contributed by atoms with Crippen LogP contribution in [-0.4, -0.2) is 26.0 Å². The Morgan fingerprint density at radius 1 is 1.00 bits per heavy atom. The molecule has 3 rings (SSSR count). The van der Waals surface area contributed by atoms with Crippen LogP contribution in [0.15, 0.2) is 42.5 Å². The standard InChI is InChI=1S/C20H22N2O4/c1-13(23)14-5-4-6-16(11-14)21-19(24)22-20(9-10-20)15-7-8-17(25-2)18(12-15)26-3/h4-8,11-12H,9-10H2,1-3H3,(H2,21,22,24). The lowest BCUT2D eigenvalue weighted by atomic mass is 10.0. The summed E-state index contributed by atoms with van der Waals surface area (Å²) in [5, 5.41) is 5.83. The zero-order valence-corrected chi connectivity index (χ0v) is 15.1. The first-order valence-corrected chi connectivity index (χ1v) is 8.40. The molecule has 2 N–H and O–H groups in total. The Bertz CT molecular complexity index is 843. The van der Waals surface area contributed by atoms with Crippen molar-refractivity contribution in [3.05, 3.63) is 53.6 Å². The Hall–Kier alpha value is -3.02. The van der Waals surface area contributed by atoms with E-state index < -0.39 is 5.54 Å². The van der Waals surface area contributed by atoms with Gasteiger partial charge in [-0.15, -0.1) is 0 Å². The van der Waals surface area contributed by atoms with Crippen molar-refractivity contribution in [2.45, 2.75) is 25.3 Å². The molecule has 0 spiro atoms. The van der Waals surface area contributed by atoms with Crippen LogP contribution < -0.4 is 20.1 Å². The van der Waals surface area contributed by atoms with Gasteiger partial charge in [-0.1, -0.05) is 18.2 Å². The largest absolute Gasteiger partial charge is 0.493 e. The zero-order chi connectivity index (χ0) is 18.7. The number of carbonyl (C=O) groups excluding carboxylic acids is 2. The number of hydrogen-bond acceptors (Lipinski definition) is 4. The molecule has 6 heteroatoms. The fourth-order valence-electron chi connectivity index (χ4n) is 2.94. The Balaban J connectivity index is 1.73. The van der Waals surface area contributed by atoms with Crippen molar-refractivity contribution in [2.24, 2.45) is 0 Å². The number of anilines is 1. The third kappa shape index (κ3) is 3.64. The van der Waals surface area contributed by atoms with Crippen molar-refractivity contribution in [1.82, 2.24) is 5.32 Å². The van der Waals surface area contributed by atoms with Crippen molar-refractivity contribution in [1.29, 1.82) is 0 Å². The van der Waals surface area contributed by atoms with E-state index in [4.69, 9.17) is 9.47 Å². The normalized spacial score (nSPS) is 14.3. The summed E-state index contributed by atoms with van der Waals surface area (Å²) in [5.74, 6) is 1.24. The summed E-state index contributed by atoms with van der Waals surface area (Å²) in [6, 6.07) is 12.2. The Labute approximate surface area is 152 Å². The lowest BCUT2D eigenvalue weighted by molar-refractivity contribution is 0.101. The highest BCUT2D eigenvalue weighted by molar-refractivity contribution is 5.96. The lowest BCUT2D eigenvalue weighted by Crippen LogP contribution is -2.38. The van der Waals surface area contributed by atoms with Gasteiger partial charge in [0.2, 0.25) is 0 Å². The molecule has 0 aromatic heterocycles. The second-order valence-corrected chi connectivity index (χ2v) is 6.37. The Morgan fingerprint density at radius 2 is 1.73 bits per heavy atom. The molecule has 2 aromatic rings. The van der Waals surface area contributed by atoms with E-state index in [2.05, 4.69) is 10.6 Å². The van der Waals surface area contributed by atoms with E-state index in [0.717, 1.165) is 18.4 Å². The van der Waals surface area contributed by atoms with Crippen molar-refractivity contribution >= 4 is 17.5 Å². The van der Waals surface area contributed by atoms with Crippen LogP contribution in [0, 0.1) is 0 Å². The maximum atomic E-state index is 12.4. The third-order valence-electron chi connectivity index (χ3n) is 4.57. The first-order valence-electron chi connectivity index (χ1n) is 8.40. The number of urea groups is 1. The number of ether oxygens (including phenoxy) is 2. The number of methoxy groups -OCH3 is 2. The Morgan fingerprint density at radius 3 is 2.35 bits per heavy atom. The minimum absolute atomic E-state index is 0.0435. The van der Waals surface area contributed by atoms with Gasteiger partial charge in [0.15, 0.2) is 17.3 Å². The quantitative estimate of drug-likeness (QED) is 0.775. The highest BCUT2D eigenvalue weighted by Gasteiger charge is 2.46. The molecule has 0 atom stereocenters. The van der Waals surface area contributed by atoms with Crippen LogP contribution >= 0.6 is 0 Å². The second kappa shape index (κ2) is 7.07. The fraction of sp³-hybridized carbons (Fsp3) is 0.300. The molecular formula is C20H22N2O4. The summed E-state index contributed by atoms with van der Waals surface area (Å²) < 4.78 is 10.6. The van der Waals surface area contributed by atoms with E-state index >= 15 is 0 Å². The number of hydrogen-bond donors (Lipinski definition) is 2. The van der Waals surface area contributed by atoms with Gasteiger partial charge >= 0.3 is 6.03 Å². The third-order valence-corrected chi connectivity index (χ3v) is 4.57. The minimum Gasteiger partial charge on any atom is -0.493 e. The van der Waals surface area contributed by atoms with Crippen molar-refractivity contribution in [3.63, 3.8) is 0 Å². The number of amides is 2. The molecule has 0 radical (unpaired) electrons. The summed E-state index contributed by atoms with van der Waals surface area (Å²) >= 11 is 0. The van der Waals surface area contributed by atoms with Crippen LogP contribution in [0.4, 0.5) is 10.5 Å². The number of benzene rings is 2. The van der Waals surface area contributed by atoms with E-state index in [-0.39, 0.29) is 11.8 Å². The molecule has 0 unspecified atom stereocenters. The molecule has 0 bridgehead atoms. The summed E-state index contributed by atoms with van der Waals surface area (Å²) in [5.41, 5.74) is 1.71. The zero-order valence-electron chi connectivity index (χ0n) is 15.1. The maximum Gasteiger partial charge on any atom is 0.319 e. The fourth-order valence-corrected chi connectivity index (χ4v) is 2.94. The van der Waals surface area contributed by atoms with Crippen LogP contribution in [0.1, 0.15) is 35.7 Å². The van der Waals surface area contributed by atoms with Crippen molar-refractivity contribution in [3.8, 4) is 11.5 Å². The van der Waals surface area contributed by atoms with Crippen molar-refractivity contribution in [2.75, 3.05) is 19.5 Å². The molecule has 2 amide bonds. The van der Waals surface area contributed by atoms with E-state index in [1.165, 1.54) is 6.92 Å². The molecule has 1 aliphatic carbocycles. The molecule has 0 saturated heterocycles. The second-order valence-electron chi connectivity index (χ2n) is 6.37. The molecule has 1 saturated carbocycles. The molecule has 1 fully saturated rings. The monoisotopic (exact) mass is 354 g/mol. The molecule has 6 nitrogen and oxygen atoms in total. The molecule has 0 aliphatic heterocycles. The number of ketones is 1. The average Bonchev–Trinajstić information content (AvgIpc) is 3.41. The van der Waals surface area contributed by atoms with Crippen molar-refractivity contribution < 1.29 is 19.1 Å². The summed E-state index contributed by atoms with van der Waals surface area (Å²) in [4.78, 5) is 23.9. The minimum atomic E-state index is -0.401. The molecule has 0 heterocycles. The highest BCUT2D eigenvalue weighted by atomic mass is 16.5. The molecule has 1 aliphatic rings. The number of nitrogens with one attached hydrogen (secondary N) is 2. The van der Waals surface area contributed by atoms with Crippen LogP contribution in [-0.2, 0) is 5.54 Å². The maximum absolute atomic E-state index is 12.4. The predicted octanol–water partition coefficient (Wildman–Crippen LogP) is 3.72. The molecule has 26 heavy (non-hydrogen) atoms. The Kier molecular flexibility index (Phi) is 4.84. The summed E-state index contributed by atoms with van der Waals surface area (Å²) in [7, 11) is 3.18. The summed E-state index contributed by atoms with van der Waals surface area (Å²) in [6.07, 6.45) is 1.70. The van der Waals surface area contributed by atoms with Crippen LogP contribution in [0.2, 0.25) is 0 Å². The van der Waals surface area contributed by atoms with E-state index in [0.29, 0.717) is 22.7 Å². The highest BCUT2D eigenvalue weighted by Crippen LogP contribution is 2.47. The average molecular weight is 354 g/mol. The number of carbonyl (C=O) groups is 2. The van der Waals surface area contributed by atoms with Crippen LogP contribution in [0.3, 0.4) is 0 Å². The lowest BCUT2D eigenvalue weighted by Gasteiger charge is -2.20. The number of Topliss-reactive ketones (excluding diaryl/α,β-unsaturated/α-hetero) is 1. The van der Waals surface area contributed by atoms with E-state index in [9.17, 15) is 9.59 Å². The van der Waals surface area contributed by atoms with Gasteiger partial charge < -0.3 is 20.1 Å². The molecule has 136 valence electrons. The van der Waals surface area contributed by atoms with Gasteiger partial charge in [-0.25, -0.2) is 4.79 Å². The van der Waals surface area contributed by atoms with E-state index in [1.807, 2.05) is 18.2 Å². The smallest absolute Gasteiger partial charge is 0.319 e. The first-order chi connectivity index (χ1) is 12.5. The van der Waals surface area contributed by atoms with Gasteiger partial charge in [-0.3, -0.25) is 4.79 Å². The number of rotatable bonds is 6. The SMILES string of the molecule is COc1ccc(C2(NC(=O)Nc3cccc(C(C)=O)c3)CC2)cc1OC. The van der Waals surface area contributed by atoms with Crippen LogP contribution in [0.25, 0.3) is 0 Å².